The number of hydrogen-bond acceptors (Lipinski definition) is 4. The summed E-state index contributed by atoms with van der Waals surface area (Å²) in [5, 5.41) is 9.03. The molecule has 2 heterocycles. The molecule has 25 heavy (non-hydrogen) atoms. The van der Waals surface area contributed by atoms with E-state index in [1.165, 1.54) is 6.07 Å². The maximum Gasteiger partial charge on any atom is 0.289 e. The Morgan fingerprint density at radius 1 is 1.28 bits per heavy atom. The third-order valence-corrected chi connectivity index (χ3v) is 4.78. The van der Waals surface area contributed by atoms with E-state index >= 15 is 0 Å². The van der Waals surface area contributed by atoms with Gasteiger partial charge in [-0.1, -0.05) is 12.1 Å². The Labute approximate surface area is 146 Å². The van der Waals surface area contributed by atoms with Gasteiger partial charge in [-0.3, -0.25) is 4.79 Å². The van der Waals surface area contributed by atoms with E-state index < -0.39 is 0 Å². The first-order valence-corrected chi connectivity index (χ1v) is 8.55. The first-order valence-electron chi connectivity index (χ1n) is 8.55. The molecule has 1 amide bonds. The molecule has 1 saturated heterocycles. The highest BCUT2D eigenvalue weighted by molar-refractivity contribution is 5.92. The van der Waals surface area contributed by atoms with E-state index in [0.717, 1.165) is 12.8 Å². The highest BCUT2D eigenvalue weighted by atomic mass is 19.1. The van der Waals surface area contributed by atoms with Gasteiger partial charge >= 0.3 is 0 Å². The molecule has 5 nitrogen and oxygen atoms in total. The van der Waals surface area contributed by atoms with E-state index in [1.807, 2.05) is 7.05 Å². The van der Waals surface area contributed by atoms with Gasteiger partial charge in [0.15, 0.2) is 5.76 Å². The van der Waals surface area contributed by atoms with E-state index in [-0.39, 0.29) is 24.1 Å². The number of hydrogen-bond donors (Lipinski definition) is 1. The van der Waals surface area contributed by atoms with Gasteiger partial charge in [-0.05, 0) is 44.2 Å². The molecule has 1 aliphatic rings. The minimum atomic E-state index is -0.372. The summed E-state index contributed by atoms with van der Waals surface area (Å²) < 4.78 is 19.4. The SMILES string of the molecule is CN(CCO)C1CCN(C(=O)c2ccc(-c3ccccc3F)o2)CC1. The van der Waals surface area contributed by atoms with Crippen LogP contribution < -0.4 is 0 Å². The van der Waals surface area contributed by atoms with Crippen molar-refractivity contribution >= 4 is 5.91 Å². The van der Waals surface area contributed by atoms with E-state index in [9.17, 15) is 9.18 Å². The van der Waals surface area contributed by atoms with Gasteiger partial charge in [-0.15, -0.1) is 0 Å². The Balaban J connectivity index is 1.64. The maximum absolute atomic E-state index is 13.8. The number of carbonyl (C=O) groups excluding carboxylic acids is 1. The van der Waals surface area contributed by atoms with Crippen LogP contribution in [0.15, 0.2) is 40.8 Å². The number of nitrogens with zero attached hydrogens (tertiary/aromatic N) is 2. The fraction of sp³-hybridized carbons (Fsp3) is 0.421. The van der Waals surface area contributed by atoms with Crippen LogP contribution in [0.25, 0.3) is 11.3 Å². The molecule has 0 aliphatic carbocycles. The number of benzene rings is 1. The van der Waals surface area contributed by atoms with Gasteiger partial charge in [0.1, 0.15) is 11.6 Å². The molecule has 1 aromatic carbocycles. The van der Waals surface area contributed by atoms with Crippen molar-refractivity contribution < 1.29 is 18.7 Å². The summed E-state index contributed by atoms with van der Waals surface area (Å²) in [6.07, 6.45) is 1.73. The highest BCUT2D eigenvalue weighted by Crippen LogP contribution is 2.26. The van der Waals surface area contributed by atoms with Gasteiger partial charge in [-0.25, -0.2) is 4.39 Å². The van der Waals surface area contributed by atoms with E-state index in [1.54, 1.807) is 35.2 Å². The lowest BCUT2D eigenvalue weighted by Crippen LogP contribution is -2.46. The number of piperidine rings is 1. The second-order valence-electron chi connectivity index (χ2n) is 6.37. The second-order valence-corrected chi connectivity index (χ2v) is 6.37. The smallest absolute Gasteiger partial charge is 0.289 e. The molecule has 134 valence electrons. The lowest BCUT2D eigenvalue weighted by Gasteiger charge is -2.36. The highest BCUT2D eigenvalue weighted by Gasteiger charge is 2.27. The summed E-state index contributed by atoms with van der Waals surface area (Å²) in [5.41, 5.74) is 0.353. The first kappa shape index (κ1) is 17.6. The number of furan rings is 1. The number of halogens is 1. The molecule has 0 saturated carbocycles. The number of likely N-dealkylation sites (N-methyl/N-ethyl adjacent to an activating group) is 1. The molecular weight excluding hydrogens is 323 g/mol. The minimum Gasteiger partial charge on any atom is -0.451 e. The summed E-state index contributed by atoms with van der Waals surface area (Å²) in [6, 6.07) is 9.96. The average molecular weight is 346 g/mol. The Bertz CT molecular complexity index is 723. The number of amides is 1. The maximum atomic E-state index is 13.8. The normalized spacial score (nSPS) is 15.8. The molecule has 0 unspecified atom stereocenters. The van der Waals surface area contributed by atoms with Crippen molar-refractivity contribution in [3.05, 3.63) is 48.0 Å². The first-order chi connectivity index (χ1) is 12.1. The van der Waals surface area contributed by atoms with Gasteiger partial charge < -0.3 is 19.3 Å². The number of carbonyl (C=O) groups is 1. The van der Waals surface area contributed by atoms with Crippen molar-refractivity contribution in [1.82, 2.24) is 9.80 Å². The molecule has 0 atom stereocenters. The van der Waals surface area contributed by atoms with Crippen molar-refractivity contribution in [3.8, 4) is 11.3 Å². The molecule has 1 aliphatic heterocycles. The predicted molar refractivity (Wildman–Crippen MR) is 92.7 cm³/mol. The molecular formula is C19H23FN2O3. The molecule has 3 rings (SSSR count). The predicted octanol–water partition coefficient (Wildman–Crippen LogP) is 2.61. The molecule has 1 N–H and O–H groups in total. The Kier molecular flexibility index (Phi) is 5.50. The van der Waals surface area contributed by atoms with Gasteiger partial charge in [0.2, 0.25) is 0 Å². The Hall–Kier alpha value is -2.18. The standard InChI is InChI=1S/C19H23FN2O3/c1-21(12-13-23)14-8-10-22(11-9-14)19(24)18-7-6-17(25-18)15-4-2-3-5-16(15)20/h2-7,14,23H,8-13H2,1H3. The molecule has 2 aromatic rings. The van der Waals surface area contributed by atoms with Crippen molar-refractivity contribution in [2.45, 2.75) is 18.9 Å². The molecule has 1 fully saturated rings. The van der Waals surface area contributed by atoms with Gasteiger partial charge in [0, 0.05) is 25.7 Å². The zero-order valence-corrected chi connectivity index (χ0v) is 14.3. The van der Waals surface area contributed by atoms with Gasteiger partial charge in [0.25, 0.3) is 5.91 Å². The van der Waals surface area contributed by atoms with Crippen LogP contribution >= 0.6 is 0 Å². The summed E-state index contributed by atoms with van der Waals surface area (Å²) in [6.45, 7) is 2.08. The minimum absolute atomic E-state index is 0.140. The van der Waals surface area contributed by atoms with Gasteiger partial charge in [0.05, 0.1) is 12.2 Å². The Morgan fingerprint density at radius 2 is 2.00 bits per heavy atom. The average Bonchev–Trinajstić information content (AvgIpc) is 3.11. The van der Waals surface area contributed by atoms with Gasteiger partial charge in [-0.2, -0.15) is 0 Å². The Morgan fingerprint density at radius 3 is 2.68 bits per heavy atom. The van der Waals surface area contributed by atoms with Crippen LogP contribution in [0, 0.1) is 5.82 Å². The molecule has 0 spiro atoms. The van der Waals surface area contributed by atoms with E-state index in [0.29, 0.717) is 37.0 Å². The fourth-order valence-electron chi connectivity index (χ4n) is 3.26. The molecule has 0 radical (unpaired) electrons. The third-order valence-electron chi connectivity index (χ3n) is 4.78. The van der Waals surface area contributed by atoms with Crippen LogP contribution in [0.1, 0.15) is 23.4 Å². The number of aliphatic hydroxyl groups excluding tert-OH is 1. The zero-order valence-electron chi connectivity index (χ0n) is 14.3. The summed E-state index contributed by atoms with van der Waals surface area (Å²) in [7, 11) is 1.99. The zero-order chi connectivity index (χ0) is 17.8. The van der Waals surface area contributed by atoms with Crippen molar-refractivity contribution in [1.29, 1.82) is 0 Å². The fourth-order valence-corrected chi connectivity index (χ4v) is 3.26. The van der Waals surface area contributed by atoms with Crippen LogP contribution in [0.2, 0.25) is 0 Å². The van der Waals surface area contributed by atoms with Crippen molar-refractivity contribution in [2.75, 3.05) is 33.3 Å². The molecule has 6 heteroatoms. The molecule has 1 aromatic heterocycles. The van der Waals surface area contributed by atoms with Crippen molar-refractivity contribution in [2.24, 2.45) is 0 Å². The van der Waals surface area contributed by atoms with Crippen LogP contribution in [-0.2, 0) is 0 Å². The topological polar surface area (TPSA) is 56.9 Å². The lowest BCUT2D eigenvalue weighted by atomic mass is 10.0. The van der Waals surface area contributed by atoms with Crippen LogP contribution in [-0.4, -0.2) is 60.1 Å². The quantitative estimate of drug-likeness (QED) is 0.904. The van der Waals surface area contributed by atoms with E-state index in [4.69, 9.17) is 9.52 Å². The monoisotopic (exact) mass is 346 g/mol. The summed E-state index contributed by atoms with van der Waals surface area (Å²) >= 11 is 0. The number of rotatable bonds is 5. The number of likely N-dealkylation sites (tertiary alicyclic amines) is 1. The van der Waals surface area contributed by atoms with Crippen molar-refractivity contribution in [3.63, 3.8) is 0 Å². The van der Waals surface area contributed by atoms with Crippen LogP contribution in [0.4, 0.5) is 4.39 Å². The lowest BCUT2D eigenvalue weighted by molar-refractivity contribution is 0.0600. The largest absolute Gasteiger partial charge is 0.451 e. The molecule has 0 bridgehead atoms. The van der Waals surface area contributed by atoms with E-state index in [2.05, 4.69) is 4.90 Å². The summed E-state index contributed by atoms with van der Waals surface area (Å²) in [5.74, 6) is 0.0638. The third kappa shape index (κ3) is 3.91. The summed E-state index contributed by atoms with van der Waals surface area (Å²) in [4.78, 5) is 16.5. The van der Waals surface area contributed by atoms with Crippen LogP contribution in [0.5, 0.6) is 0 Å². The number of aliphatic hydroxyl groups is 1. The second kappa shape index (κ2) is 7.80. The van der Waals surface area contributed by atoms with Crippen LogP contribution in [0.3, 0.4) is 0 Å².